The van der Waals surface area contributed by atoms with Crippen molar-refractivity contribution in [1.82, 2.24) is 19.4 Å². The molecule has 1 saturated heterocycles. The predicted octanol–water partition coefficient (Wildman–Crippen LogP) is 3.22. The van der Waals surface area contributed by atoms with E-state index in [9.17, 15) is 13.2 Å². The fourth-order valence-corrected chi connectivity index (χ4v) is 5.45. The number of hydrogen-bond acceptors (Lipinski definition) is 4. The summed E-state index contributed by atoms with van der Waals surface area (Å²) < 4.78 is 27.6. The van der Waals surface area contributed by atoms with Gasteiger partial charge in [0.1, 0.15) is 0 Å². The zero-order valence-electron chi connectivity index (χ0n) is 19.9. The normalized spacial score (nSPS) is 16.5. The molecule has 1 aliphatic rings. The van der Waals surface area contributed by atoms with Crippen molar-refractivity contribution in [2.24, 2.45) is 0 Å². The molecule has 2 aromatic carbocycles. The molecule has 7 nitrogen and oxygen atoms in total. The summed E-state index contributed by atoms with van der Waals surface area (Å²) in [5.74, 6) is 0.0980. The van der Waals surface area contributed by atoms with E-state index in [1.54, 1.807) is 50.3 Å². The summed E-state index contributed by atoms with van der Waals surface area (Å²) in [5.41, 5.74) is 1.15. The van der Waals surface area contributed by atoms with Crippen LogP contribution in [0.25, 0.3) is 0 Å². The number of carbonyl (C=O) groups excluding carboxylic acids is 1. The number of nitrogens with one attached hydrogen (secondary N) is 1. The highest BCUT2D eigenvalue weighted by Gasteiger charge is 2.26. The van der Waals surface area contributed by atoms with Crippen molar-refractivity contribution < 1.29 is 13.2 Å². The molecule has 1 aliphatic heterocycles. The lowest BCUT2D eigenvalue weighted by molar-refractivity contribution is 0.178. The molecule has 33 heavy (non-hydrogen) atoms. The maximum Gasteiger partial charge on any atom is 0.317 e. The van der Waals surface area contributed by atoms with Crippen LogP contribution in [0.1, 0.15) is 30.7 Å². The zero-order chi connectivity index (χ0) is 23.8. The number of carbonyl (C=O) groups is 1. The fourth-order valence-electron chi connectivity index (χ4n) is 4.21. The van der Waals surface area contributed by atoms with Gasteiger partial charge in [-0.05, 0) is 49.4 Å². The van der Waals surface area contributed by atoms with Crippen molar-refractivity contribution in [3.63, 3.8) is 0 Å². The summed E-state index contributed by atoms with van der Waals surface area (Å²) in [4.78, 5) is 16.2. The van der Waals surface area contributed by atoms with Gasteiger partial charge in [-0.1, -0.05) is 48.5 Å². The quantitative estimate of drug-likeness (QED) is 0.608. The van der Waals surface area contributed by atoms with Crippen LogP contribution in [-0.4, -0.2) is 81.9 Å². The van der Waals surface area contributed by atoms with Gasteiger partial charge in [-0.25, -0.2) is 17.5 Å². The van der Waals surface area contributed by atoms with Crippen LogP contribution >= 0.6 is 0 Å². The molecule has 1 atom stereocenters. The Morgan fingerprint density at radius 2 is 1.58 bits per heavy atom. The van der Waals surface area contributed by atoms with Crippen LogP contribution < -0.4 is 5.32 Å². The topological polar surface area (TPSA) is 73.0 Å². The SMILES string of the molecule is CN(C)C(=O)NC1CCN(CC[C@@H](CN(C)S(=O)(=O)c2ccccc2)c2ccccc2)CC1. The summed E-state index contributed by atoms with van der Waals surface area (Å²) in [7, 11) is 1.63. The van der Waals surface area contributed by atoms with Gasteiger partial charge in [-0.2, -0.15) is 0 Å². The monoisotopic (exact) mass is 472 g/mol. The molecule has 0 aliphatic carbocycles. The number of likely N-dealkylation sites (tertiary alicyclic amines) is 1. The lowest BCUT2D eigenvalue weighted by Crippen LogP contribution is -2.47. The van der Waals surface area contributed by atoms with E-state index in [2.05, 4.69) is 22.3 Å². The van der Waals surface area contributed by atoms with Crippen LogP contribution in [0.4, 0.5) is 4.79 Å². The average Bonchev–Trinajstić information content (AvgIpc) is 2.83. The number of urea groups is 1. The van der Waals surface area contributed by atoms with Crippen LogP contribution in [0.2, 0.25) is 0 Å². The number of amides is 2. The van der Waals surface area contributed by atoms with Crippen molar-refractivity contribution in [1.29, 1.82) is 0 Å². The minimum Gasteiger partial charge on any atom is -0.335 e. The summed E-state index contributed by atoms with van der Waals surface area (Å²) >= 11 is 0. The summed E-state index contributed by atoms with van der Waals surface area (Å²) in [6.07, 6.45) is 2.73. The summed E-state index contributed by atoms with van der Waals surface area (Å²) in [6.45, 7) is 3.18. The molecule has 0 aromatic heterocycles. The number of likely N-dealkylation sites (N-methyl/N-ethyl adjacent to an activating group) is 1. The Morgan fingerprint density at radius 1 is 1.00 bits per heavy atom. The fraction of sp³-hybridized carbons (Fsp3) is 0.480. The molecule has 0 bridgehead atoms. The molecule has 2 aromatic rings. The molecule has 2 amide bonds. The Balaban J connectivity index is 1.60. The molecule has 0 unspecified atom stereocenters. The van der Waals surface area contributed by atoms with Crippen molar-refractivity contribution in [3.05, 3.63) is 66.2 Å². The first-order valence-corrected chi connectivity index (χ1v) is 13.0. The Labute approximate surface area is 198 Å². The minimum absolute atomic E-state index is 0.0414. The number of sulfonamides is 1. The van der Waals surface area contributed by atoms with Crippen molar-refractivity contribution in [3.8, 4) is 0 Å². The van der Waals surface area contributed by atoms with Crippen molar-refractivity contribution in [2.75, 3.05) is 47.3 Å². The van der Waals surface area contributed by atoms with Gasteiger partial charge in [-0.15, -0.1) is 0 Å². The number of piperidine rings is 1. The van der Waals surface area contributed by atoms with E-state index in [0.29, 0.717) is 11.4 Å². The van der Waals surface area contributed by atoms with Crippen LogP contribution in [-0.2, 0) is 10.0 Å². The van der Waals surface area contributed by atoms with Crippen LogP contribution in [0.15, 0.2) is 65.6 Å². The van der Waals surface area contributed by atoms with Gasteiger partial charge < -0.3 is 15.1 Å². The van der Waals surface area contributed by atoms with Crippen molar-refractivity contribution in [2.45, 2.75) is 36.1 Å². The maximum atomic E-state index is 13.1. The second-order valence-corrected chi connectivity index (χ2v) is 11.0. The van der Waals surface area contributed by atoms with Gasteiger partial charge >= 0.3 is 6.03 Å². The van der Waals surface area contributed by atoms with Gasteiger partial charge in [0.25, 0.3) is 0 Å². The molecule has 0 saturated carbocycles. The molecular formula is C25H36N4O3S. The highest BCUT2D eigenvalue weighted by Crippen LogP contribution is 2.25. The van der Waals surface area contributed by atoms with E-state index >= 15 is 0 Å². The zero-order valence-corrected chi connectivity index (χ0v) is 20.7. The maximum absolute atomic E-state index is 13.1. The lowest BCUT2D eigenvalue weighted by atomic mass is 9.94. The Hall–Kier alpha value is -2.42. The van der Waals surface area contributed by atoms with Crippen LogP contribution in [0.3, 0.4) is 0 Å². The smallest absolute Gasteiger partial charge is 0.317 e. The number of rotatable bonds is 9. The highest BCUT2D eigenvalue weighted by molar-refractivity contribution is 7.89. The average molecular weight is 473 g/mol. The van der Waals surface area contributed by atoms with Gasteiger partial charge in [0.05, 0.1) is 4.90 Å². The summed E-state index contributed by atoms with van der Waals surface area (Å²) in [5, 5.41) is 3.07. The summed E-state index contributed by atoms with van der Waals surface area (Å²) in [6, 6.07) is 18.9. The molecular weight excluding hydrogens is 436 g/mol. The molecule has 1 N–H and O–H groups in total. The third-order valence-electron chi connectivity index (χ3n) is 6.32. The largest absolute Gasteiger partial charge is 0.335 e. The molecule has 0 radical (unpaired) electrons. The Morgan fingerprint density at radius 3 is 2.15 bits per heavy atom. The molecule has 1 heterocycles. The van der Waals surface area contributed by atoms with Gasteiger partial charge in [0.2, 0.25) is 10.0 Å². The Bertz CT molecular complexity index is 975. The van der Waals surface area contributed by atoms with Gasteiger partial charge in [0.15, 0.2) is 0 Å². The highest BCUT2D eigenvalue weighted by atomic mass is 32.2. The second kappa shape index (κ2) is 11.6. The van der Waals surface area contributed by atoms with E-state index in [1.165, 1.54) is 4.31 Å². The number of hydrogen-bond donors (Lipinski definition) is 1. The first kappa shape index (κ1) is 25.2. The van der Waals surface area contributed by atoms with E-state index in [1.807, 2.05) is 24.3 Å². The van der Waals surface area contributed by atoms with Gasteiger partial charge in [-0.3, -0.25) is 0 Å². The first-order chi connectivity index (χ1) is 15.8. The first-order valence-electron chi connectivity index (χ1n) is 11.5. The standard InChI is InChI=1S/C25H36N4O3S/c1-27(2)25(30)26-23-15-18-29(19-16-23)17-14-22(21-10-6-4-7-11-21)20-28(3)33(31,32)24-12-8-5-9-13-24/h4-13,22-23H,14-20H2,1-3H3,(H,26,30)/t22-/m0/s1. The predicted molar refractivity (Wildman–Crippen MR) is 132 cm³/mol. The molecule has 0 spiro atoms. The van der Waals surface area contributed by atoms with E-state index < -0.39 is 10.0 Å². The molecule has 180 valence electrons. The molecule has 3 rings (SSSR count). The van der Waals surface area contributed by atoms with E-state index in [-0.39, 0.29) is 18.0 Å². The van der Waals surface area contributed by atoms with E-state index in [0.717, 1.165) is 44.5 Å². The lowest BCUT2D eigenvalue weighted by Gasteiger charge is -2.34. The third-order valence-corrected chi connectivity index (χ3v) is 8.15. The van der Waals surface area contributed by atoms with Crippen molar-refractivity contribution >= 4 is 16.1 Å². The molecule has 1 fully saturated rings. The number of nitrogens with zero attached hydrogens (tertiary/aromatic N) is 3. The van der Waals surface area contributed by atoms with Crippen LogP contribution in [0.5, 0.6) is 0 Å². The van der Waals surface area contributed by atoms with Crippen LogP contribution in [0, 0.1) is 0 Å². The van der Waals surface area contributed by atoms with Gasteiger partial charge in [0, 0.05) is 46.8 Å². The van der Waals surface area contributed by atoms with E-state index in [4.69, 9.17) is 0 Å². The number of benzene rings is 2. The second-order valence-electron chi connectivity index (χ2n) is 8.95. The minimum atomic E-state index is -3.54. The molecule has 8 heteroatoms. The third kappa shape index (κ3) is 7.03. The Kier molecular flexibility index (Phi) is 8.88.